The molecule has 0 atom stereocenters. The molecule has 0 bridgehead atoms. The molecule has 22 heavy (non-hydrogen) atoms. The smallest absolute Gasteiger partial charge is 0.0920 e. The van der Waals surface area contributed by atoms with E-state index in [2.05, 4.69) is 40.0 Å². The van der Waals surface area contributed by atoms with Crippen LogP contribution in [-0.4, -0.2) is 57.5 Å². The van der Waals surface area contributed by atoms with Crippen molar-refractivity contribution < 1.29 is 4.74 Å². The molecule has 1 saturated heterocycles. The van der Waals surface area contributed by atoms with Crippen LogP contribution in [0.1, 0.15) is 25.5 Å². The van der Waals surface area contributed by atoms with E-state index in [1.807, 2.05) is 17.1 Å². The number of rotatable bonds is 5. The Bertz CT molecular complexity index is 604. The van der Waals surface area contributed by atoms with Gasteiger partial charge < -0.3 is 4.74 Å². The Kier molecular flexibility index (Phi) is 4.80. The zero-order valence-electron chi connectivity index (χ0n) is 13.3. The van der Waals surface area contributed by atoms with E-state index in [9.17, 15) is 0 Å². The van der Waals surface area contributed by atoms with E-state index in [0.717, 1.165) is 56.3 Å². The summed E-state index contributed by atoms with van der Waals surface area (Å²) < 4.78 is 7.35. The highest BCUT2D eigenvalue weighted by Crippen LogP contribution is 2.18. The van der Waals surface area contributed by atoms with E-state index in [1.165, 1.54) is 0 Å². The SMILES string of the molecule is CC(C)c1cncc(-c2cnn(CCN3CCOCC3)c2)n1. The van der Waals surface area contributed by atoms with Crippen molar-refractivity contribution in [3.8, 4) is 11.3 Å². The van der Waals surface area contributed by atoms with E-state index >= 15 is 0 Å². The second-order valence-electron chi connectivity index (χ2n) is 5.93. The van der Waals surface area contributed by atoms with E-state index in [0.29, 0.717) is 5.92 Å². The zero-order valence-corrected chi connectivity index (χ0v) is 13.3. The van der Waals surface area contributed by atoms with Gasteiger partial charge >= 0.3 is 0 Å². The predicted octanol–water partition coefficient (Wildman–Crippen LogP) is 1.80. The van der Waals surface area contributed by atoms with Crippen LogP contribution >= 0.6 is 0 Å². The van der Waals surface area contributed by atoms with Gasteiger partial charge in [0.15, 0.2) is 0 Å². The summed E-state index contributed by atoms with van der Waals surface area (Å²) >= 11 is 0. The molecule has 0 aliphatic carbocycles. The predicted molar refractivity (Wildman–Crippen MR) is 84.6 cm³/mol. The molecule has 1 fully saturated rings. The van der Waals surface area contributed by atoms with E-state index in [4.69, 9.17) is 4.74 Å². The molecule has 0 saturated carbocycles. The summed E-state index contributed by atoms with van der Waals surface area (Å²) in [5.41, 5.74) is 2.93. The number of hydrogen-bond acceptors (Lipinski definition) is 5. The van der Waals surface area contributed by atoms with Crippen molar-refractivity contribution in [1.82, 2.24) is 24.6 Å². The molecular weight excluding hydrogens is 278 g/mol. The average Bonchev–Trinajstić information content (AvgIpc) is 3.03. The fraction of sp³-hybridized carbons (Fsp3) is 0.562. The average molecular weight is 301 g/mol. The highest BCUT2D eigenvalue weighted by Gasteiger charge is 2.11. The van der Waals surface area contributed by atoms with Gasteiger partial charge in [-0.25, -0.2) is 4.98 Å². The van der Waals surface area contributed by atoms with E-state index in [1.54, 1.807) is 6.20 Å². The molecule has 0 spiro atoms. The third-order valence-corrected chi connectivity index (χ3v) is 3.92. The van der Waals surface area contributed by atoms with E-state index in [-0.39, 0.29) is 0 Å². The topological polar surface area (TPSA) is 56.1 Å². The maximum Gasteiger partial charge on any atom is 0.0920 e. The van der Waals surface area contributed by atoms with Gasteiger partial charge in [-0.05, 0) is 5.92 Å². The number of morpholine rings is 1. The molecule has 2 aromatic heterocycles. The van der Waals surface area contributed by atoms with Crippen molar-refractivity contribution in [3.05, 3.63) is 30.5 Å². The Hall–Kier alpha value is -1.79. The molecule has 3 rings (SSSR count). The van der Waals surface area contributed by atoms with E-state index < -0.39 is 0 Å². The molecule has 0 aromatic carbocycles. The molecule has 0 N–H and O–H groups in total. The van der Waals surface area contributed by atoms with Gasteiger partial charge in [0.25, 0.3) is 0 Å². The van der Waals surface area contributed by atoms with Gasteiger partial charge in [0, 0.05) is 37.6 Å². The Labute approximate surface area is 131 Å². The van der Waals surface area contributed by atoms with Crippen LogP contribution in [-0.2, 0) is 11.3 Å². The summed E-state index contributed by atoms with van der Waals surface area (Å²) in [5, 5.41) is 4.44. The lowest BCUT2D eigenvalue weighted by Gasteiger charge is -2.26. The number of ether oxygens (including phenoxy) is 1. The van der Waals surface area contributed by atoms with Crippen molar-refractivity contribution >= 4 is 0 Å². The van der Waals surface area contributed by atoms with Crippen molar-refractivity contribution in [1.29, 1.82) is 0 Å². The van der Waals surface area contributed by atoms with Gasteiger partial charge in [0.2, 0.25) is 0 Å². The molecule has 6 heteroatoms. The van der Waals surface area contributed by atoms with Crippen LogP contribution in [0.25, 0.3) is 11.3 Å². The lowest BCUT2D eigenvalue weighted by Crippen LogP contribution is -2.38. The first-order valence-electron chi connectivity index (χ1n) is 7.87. The minimum atomic E-state index is 0.379. The van der Waals surface area contributed by atoms with Gasteiger partial charge in [-0.2, -0.15) is 5.10 Å². The van der Waals surface area contributed by atoms with Crippen molar-refractivity contribution in [3.63, 3.8) is 0 Å². The number of nitrogens with zero attached hydrogens (tertiary/aromatic N) is 5. The minimum absolute atomic E-state index is 0.379. The maximum atomic E-state index is 5.36. The Morgan fingerprint density at radius 2 is 1.95 bits per heavy atom. The molecular formula is C16H23N5O. The van der Waals surface area contributed by atoms with Crippen LogP contribution in [0.5, 0.6) is 0 Å². The Morgan fingerprint density at radius 1 is 1.14 bits per heavy atom. The van der Waals surface area contributed by atoms with Crippen LogP contribution in [0, 0.1) is 0 Å². The van der Waals surface area contributed by atoms with Crippen molar-refractivity contribution in [2.75, 3.05) is 32.8 Å². The standard InChI is InChI=1S/C16H23N5O/c1-13(2)15-10-17-11-16(19-15)14-9-18-21(12-14)4-3-20-5-7-22-8-6-20/h9-13H,3-8H2,1-2H3. The maximum absolute atomic E-state index is 5.36. The fourth-order valence-electron chi connectivity index (χ4n) is 2.49. The highest BCUT2D eigenvalue weighted by atomic mass is 16.5. The summed E-state index contributed by atoms with van der Waals surface area (Å²) in [6.45, 7) is 9.83. The molecule has 0 unspecified atom stereocenters. The van der Waals surface area contributed by atoms with Crippen LogP contribution < -0.4 is 0 Å². The molecule has 3 heterocycles. The summed E-state index contributed by atoms with van der Waals surface area (Å²) in [6.07, 6.45) is 7.55. The highest BCUT2D eigenvalue weighted by molar-refractivity contribution is 5.55. The monoisotopic (exact) mass is 301 g/mol. The zero-order chi connectivity index (χ0) is 15.4. The first-order valence-corrected chi connectivity index (χ1v) is 7.87. The Morgan fingerprint density at radius 3 is 2.73 bits per heavy atom. The second-order valence-corrected chi connectivity index (χ2v) is 5.93. The molecule has 0 amide bonds. The first kappa shape index (κ1) is 15.1. The quantitative estimate of drug-likeness (QED) is 0.843. The largest absolute Gasteiger partial charge is 0.379 e. The fourth-order valence-corrected chi connectivity index (χ4v) is 2.49. The third-order valence-electron chi connectivity index (χ3n) is 3.92. The molecule has 1 aliphatic heterocycles. The summed E-state index contributed by atoms with van der Waals surface area (Å²) in [4.78, 5) is 11.4. The van der Waals surface area contributed by atoms with Gasteiger partial charge in [-0.15, -0.1) is 0 Å². The van der Waals surface area contributed by atoms with Crippen LogP contribution in [0.15, 0.2) is 24.8 Å². The molecule has 0 radical (unpaired) electrons. The van der Waals surface area contributed by atoms with Crippen LogP contribution in [0.3, 0.4) is 0 Å². The molecule has 1 aliphatic rings. The molecule has 6 nitrogen and oxygen atoms in total. The van der Waals surface area contributed by atoms with Crippen LogP contribution in [0.2, 0.25) is 0 Å². The summed E-state index contributed by atoms with van der Waals surface area (Å²) in [6, 6.07) is 0. The van der Waals surface area contributed by atoms with Gasteiger partial charge in [0.1, 0.15) is 0 Å². The van der Waals surface area contributed by atoms with Crippen LogP contribution in [0.4, 0.5) is 0 Å². The minimum Gasteiger partial charge on any atom is -0.379 e. The lowest BCUT2D eigenvalue weighted by molar-refractivity contribution is 0.0360. The van der Waals surface area contributed by atoms with Crippen molar-refractivity contribution in [2.45, 2.75) is 26.3 Å². The molecule has 118 valence electrons. The molecule has 2 aromatic rings. The number of aromatic nitrogens is 4. The van der Waals surface area contributed by atoms with Gasteiger partial charge in [-0.3, -0.25) is 14.6 Å². The first-order chi connectivity index (χ1) is 10.7. The normalized spacial score (nSPS) is 16.3. The Balaban J connectivity index is 1.64. The summed E-state index contributed by atoms with van der Waals surface area (Å²) in [5.74, 6) is 0.379. The summed E-state index contributed by atoms with van der Waals surface area (Å²) in [7, 11) is 0. The number of hydrogen-bond donors (Lipinski definition) is 0. The third kappa shape index (κ3) is 3.69. The lowest BCUT2D eigenvalue weighted by atomic mass is 10.1. The van der Waals surface area contributed by atoms with Crippen molar-refractivity contribution in [2.24, 2.45) is 0 Å². The van der Waals surface area contributed by atoms with Gasteiger partial charge in [-0.1, -0.05) is 13.8 Å². The van der Waals surface area contributed by atoms with Gasteiger partial charge in [0.05, 0.1) is 43.5 Å². The second kappa shape index (κ2) is 6.98.